The molecule has 0 aromatic carbocycles. The van der Waals surface area contributed by atoms with Crippen LogP contribution in [0, 0.1) is 0 Å². The summed E-state index contributed by atoms with van der Waals surface area (Å²) in [5.74, 6) is -0.207. The lowest BCUT2D eigenvalue weighted by molar-refractivity contribution is -0.125. The molecule has 1 aliphatic carbocycles. The summed E-state index contributed by atoms with van der Waals surface area (Å²) in [5.41, 5.74) is 1.35. The third-order valence-electron chi connectivity index (χ3n) is 5.25. The average Bonchev–Trinajstić information content (AvgIpc) is 3.29. The van der Waals surface area contributed by atoms with Gasteiger partial charge in [-0.3, -0.25) is 19.9 Å². The van der Waals surface area contributed by atoms with E-state index in [0.717, 1.165) is 58.4 Å². The van der Waals surface area contributed by atoms with Crippen LogP contribution in [0.2, 0.25) is 0 Å². The molecule has 1 aromatic heterocycles. The molecule has 0 radical (unpaired) electrons. The molecule has 0 bridgehead atoms. The summed E-state index contributed by atoms with van der Waals surface area (Å²) in [5, 5.41) is 9.70. The maximum absolute atomic E-state index is 12.3. The van der Waals surface area contributed by atoms with E-state index in [-0.39, 0.29) is 24.0 Å². The predicted octanol–water partition coefficient (Wildman–Crippen LogP) is 2.02. The van der Waals surface area contributed by atoms with Gasteiger partial charge in [0.05, 0.1) is 6.04 Å². The fourth-order valence-corrected chi connectivity index (χ4v) is 4.28. The Morgan fingerprint density at radius 3 is 2.60 bits per heavy atom. The summed E-state index contributed by atoms with van der Waals surface area (Å²) in [7, 11) is 0. The molecule has 2 N–H and O–H groups in total. The van der Waals surface area contributed by atoms with Crippen LogP contribution in [0.5, 0.6) is 0 Å². The fourth-order valence-electron chi connectivity index (χ4n) is 3.62. The second kappa shape index (κ2) is 8.78. The van der Waals surface area contributed by atoms with Gasteiger partial charge in [0.25, 0.3) is 0 Å². The summed E-state index contributed by atoms with van der Waals surface area (Å²) < 4.78 is 0. The smallest absolute Gasteiger partial charge is 0.321 e. The summed E-state index contributed by atoms with van der Waals surface area (Å²) in [4.78, 5) is 28.9. The number of carbonyl (C=O) groups excluding carboxylic acids is 2. The Morgan fingerprint density at radius 1 is 1.24 bits per heavy atom. The highest BCUT2D eigenvalue weighted by Crippen LogP contribution is 2.17. The van der Waals surface area contributed by atoms with Gasteiger partial charge in [0.15, 0.2) is 0 Å². The van der Waals surface area contributed by atoms with Crippen molar-refractivity contribution in [3.8, 4) is 0 Å². The Kier molecular flexibility index (Phi) is 6.45. The summed E-state index contributed by atoms with van der Waals surface area (Å²) in [6.07, 6.45) is 4.35. The zero-order chi connectivity index (χ0) is 17.6. The molecule has 3 rings (SSSR count). The number of nitrogens with zero attached hydrogens (tertiary/aromatic N) is 2. The van der Waals surface area contributed by atoms with Gasteiger partial charge in [-0.25, -0.2) is 4.79 Å². The van der Waals surface area contributed by atoms with Gasteiger partial charge in [-0.05, 0) is 42.2 Å². The molecule has 2 aliphatic rings. The van der Waals surface area contributed by atoms with E-state index in [0.29, 0.717) is 0 Å². The van der Waals surface area contributed by atoms with Gasteiger partial charge in [0.2, 0.25) is 5.91 Å². The quantitative estimate of drug-likeness (QED) is 0.839. The number of thiophene rings is 1. The van der Waals surface area contributed by atoms with Gasteiger partial charge < -0.3 is 5.32 Å². The molecule has 25 heavy (non-hydrogen) atoms. The molecule has 2 fully saturated rings. The van der Waals surface area contributed by atoms with Crippen LogP contribution in [0.15, 0.2) is 16.8 Å². The second-order valence-corrected chi connectivity index (χ2v) is 7.84. The standard InChI is InChI=1S/C18H28N4O2S/c1-14(17(23)20-18(24)19-16-4-2-3-5-16)22-9-7-21(8-10-22)12-15-6-11-25-13-15/h6,11,13-14,16H,2-5,7-10,12H2,1H3,(H2,19,20,23,24). The SMILES string of the molecule is CC(C(=O)NC(=O)NC1CCCC1)N1CCN(Cc2ccsc2)CC1. The number of urea groups is 1. The van der Waals surface area contributed by atoms with Gasteiger partial charge >= 0.3 is 6.03 Å². The van der Waals surface area contributed by atoms with E-state index in [9.17, 15) is 9.59 Å². The molecule has 1 saturated heterocycles. The van der Waals surface area contributed by atoms with Gasteiger partial charge in [-0.2, -0.15) is 11.3 Å². The van der Waals surface area contributed by atoms with Crippen molar-refractivity contribution in [2.24, 2.45) is 0 Å². The molecule has 1 aliphatic heterocycles. The Labute approximate surface area is 153 Å². The highest BCUT2D eigenvalue weighted by molar-refractivity contribution is 7.07. The summed E-state index contributed by atoms with van der Waals surface area (Å²) >= 11 is 1.73. The summed E-state index contributed by atoms with van der Waals surface area (Å²) in [6.45, 7) is 6.45. The molecule has 3 amide bonds. The molecule has 7 heteroatoms. The van der Waals surface area contributed by atoms with Gasteiger partial charge in [-0.15, -0.1) is 0 Å². The number of amides is 3. The van der Waals surface area contributed by atoms with Crippen molar-refractivity contribution < 1.29 is 9.59 Å². The molecule has 1 aromatic rings. The van der Waals surface area contributed by atoms with Gasteiger partial charge in [-0.1, -0.05) is 12.8 Å². The van der Waals surface area contributed by atoms with Crippen molar-refractivity contribution in [1.82, 2.24) is 20.4 Å². The van der Waals surface area contributed by atoms with E-state index in [4.69, 9.17) is 0 Å². The van der Waals surface area contributed by atoms with Crippen LogP contribution in [-0.2, 0) is 11.3 Å². The molecule has 1 atom stereocenters. The van der Waals surface area contributed by atoms with Gasteiger partial charge in [0.1, 0.15) is 0 Å². The molecule has 1 saturated carbocycles. The fraction of sp³-hybridized carbons (Fsp3) is 0.667. The first kappa shape index (κ1) is 18.4. The number of piperazine rings is 1. The first-order valence-corrected chi connectivity index (χ1v) is 10.1. The van der Waals surface area contributed by atoms with Crippen molar-refractivity contribution in [2.75, 3.05) is 26.2 Å². The molecular weight excluding hydrogens is 336 g/mol. The third kappa shape index (κ3) is 5.26. The minimum atomic E-state index is -0.347. The van der Waals surface area contributed by atoms with Crippen LogP contribution in [0.4, 0.5) is 4.79 Å². The number of hydrogen-bond donors (Lipinski definition) is 2. The highest BCUT2D eigenvalue weighted by Gasteiger charge is 2.27. The van der Waals surface area contributed by atoms with E-state index < -0.39 is 0 Å². The number of imide groups is 1. The first-order chi connectivity index (χ1) is 12.1. The van der Waals surface area contributed by atoms with Crippen molar-refractivity contribution in [3.63, 3.8) is 0 Å². The normalized spacial score (nSPS) is 21.2. The summed E-state index contributed by atoms with van der Waals surface area (Å²) in [6, 6.07) is 1.76. The van der Waals surface area contributed by atoms with Gasteiger partial charge in [0, 0.05) is 38.8 Å². The third-order valence-corrected chi connectivity index (χ3v) is 5.98. The lowest BCUT2D eigenvalue weighted by Gasteiger charge is -2.37. The van der Waals surface area contributed by atoms with Crippen LogP contribution in [0.1, 0.15) is 38.2 Å². The monoisotopic (exact) mass is 364 g/mol. The Bertz CT molecular complexity index is 564. The average molecular weight is 365 g/mol. The Morgan fingerprint density at radius 2 is 1.96 bits per heavy atom. The zero-order valence-electron chi connectivity index (χ0n) is 14.9. The number of rotatable bonds is 5. The van der Waals surface area contributed by atoms with E-state index in [1.165, 1.54) is 5.56 Å². The predicted molar refractivity (Wildman–Crippen MR) is 99.6 cm³/mol. The minimum absolute atomic E-state index is 0.207. The number of nitrogens with one attached hydrogen (secondary N) is 2. The van der Waals surface area contributed by atoms with Crippen molar-refractivity contribution in [3.05, 3.63) is 22.4 Å². The van der Waals surface area contributed by atoms with Crippen LogP contribution < -0.4 is 10.6 Å². The number of hydrogen-bond acceptors (Lipinski definition) is 5. The lowest BCUT2D eigenvalue weighted by Crippen LogP contribution is -2.55. The van der Waals surface area contributed by atoms with Crippen molar-refractivity contribution in [1.29, 1.82) is 0 Å². The largest absolute Gasteiger partial charge is 0.335 e. The molecular formula is C18H28N4O2S. The molecule has 1 unspecified atom stereocenters. The van der Waals surface area contributed by atoms with Crippen LogP contribution >= 0.6 is 11.3 Å². The van der Waals surface area contributed by atoms with Crippen molar-refractivity contribution in [2.45, 2.75) is 51.2 Å². The molecule has 6 nitrogen and oxygen atoms in total. The second-order valence-electron chi connectivity index (χ2n) is 7.06. The van der Waals surface area contributed by atoms with Crippen LogP contribution in [0.25, 0.3) is 0 Å². The van der Waals surface area contributed by atoms with Crippen LogP contribution in [0.3, 0.4) is 0 Å². The lowest BCUT2D eigenvalue weighted by atomic mass is 10.2. The number of carbonyl (C=O) groups is 2. The maximum Gasteiger partial charge on any atom is 0.321 e. The van der Waals surface area contributed by atoms with Crippen LogP contribution in [-0.4, -0.2) is 60.0 Å². The van der Waals surface area contributed by atoms with Crippen molar-refractivity contribution >= 4 is 23.3 Å². The molecule has 2 heterocycles. The topological polar surface area (TPSA) is 64.7 Å². The Hall–Kier alpha value is -1.44. The Balaban J connectivity index is 1.39. The molecule has 138 valence electrons. The highest BCUT2D eigenvalue weighted by atomic mass is 32.1. The van der Waals surface area contributed by atoms with E-state index in [1.54, 1.807) is 11.3 Å². The maximum atomic E-state index is 12.3. The molecule has 0 spiro atoms. The zero-order valence-corrected chi connectivity index (χ0v) is 15.7. The first-order valence-electron chi connectivity index (χ1n) is 9.20. The van der Waals surface area contributed by atoms with E-state index in [2.05, 4.69) is 37.3 Å². The minimum Gasteiger partial charge on any atom is -0.335 e. The van der Waals surface area contributed by atoms with E-state index in [1.807, 2.05) is 6.92 Å². The van der Waals surface area contributed by atoms with E-state index >= 15 is 0 Å².